The first-order valence-corrected chi connectivity index (χ1v) is 10.3. The van der Waals surface area contributed by atoms with Gasteiger partial charge in [-0.15, -0.1) is 24.0 Å². The fraction of sp³-hybridized carbons (Fsp3) is 0.636. The molecule has 0 spiro atoms. The standard InChI is InChI=1S/C22H36N4O2.HI/c1-6-23-20(24-15-19(27)26-21(2,3)4)25-16-22(13-9-10-14-22)17-11-7-8-12-18(17)28-5;/h7-8,11-12H,6,9-10,13-16H2,1-5H3,(H,26,27)(H2,23,24,25);1H. The van der Waals surface area contributed by atoms with E-state index < -0.39 is 0 Å². The summed E-state index contributed by atoms with van der Waals surface area (Å²) in [6.07, 6.45) is 4.65. The van der Waals surface area contributed by atoms with Crippen molar-refractivity contribution in [1.82, 2.24) is 16.0 Å². The Balaban J connectivity index is 0.00000420. The van der Waals surface area contributed by atoms with Gasteiger partial charge in [-0.3, -0.25) is 4.79 Å². The number of halogens is 1. The topological polar surface area (TPSA) is 74.8 Å². The van der Waals surface area contributed by atoms with Crippen LogP contribution in [0.2, 0.25) is 0 Å². The zero-order chi connectivity index (χ0) is 20.6. The highest BCUT2D eigenvalue weighted by Gasteiger charge is 2.37. The van der Waals surface area contributed by atoms with Gasteiger partial charge in [0.15, 0.2) is 5.96 Å². The average molecular weight is 516 g/mol. The van der Waals surface area contributed by atoms with Crippen molar-refractivity contribution >= 4 is 35.8 Å². The maximum Gasteiger partial charge on any atom is 0.242 e. The average Bonchev–Trinajstić information content (AvgIpc) is 3.12. The molecule has 0 bridgehead atoms. The van der Waals surface area contributed by atoms with Crippen LogP contribution in [0.15, 0.2) is 29.3 Å². The summed E-state index contributed by atoms with van der Waals surface area (Å²) in [4.78, 5) is 16.6. The number of rotatable bonds is 7. The van der Waals surface area contributed by atoms with Crippen molar-refractivity contribution in [1.29, 1.82) is 0 Å². The van der Waals surface area contributed by atoms with Gasteiger partial charge in [0.1, 0.15) is 12.3 Å². The van der Waals surface area contributed by atoms with E-state index in [1.807, 2.05) is 39.8 Å². The van der Waals surface area contributed by atoms with Gasteiger partial charge in [-0.2, -0.15) is 0 Å². The first-order valence-electron chi connectivity index (χ1n) is 10.3. The lowest BCUT2D eigenvalue weighted by atomic mass is 9.78. The van der Waals surface area contributed by atoms with Gasteiger partial charge in [0.25, 0.3) is 0 Å². The number of carbonyl (C=O) groups is 1. The fourth-order valence-electron chi connectivity index (χ4n) is 3.88. The second-order valence-electron chi connectivity index (χ2n) is 8.53. The number of para-hydroxylation sites is 1. The number of benzene rings is 1. The molecule has 0 saturated heterocycles. The molecule has 1 amide bonds. The summed E-state index contributed by atoms with van der Waals surface area (Å²) in [5, 5.41) is 9.67. The Hall–Kier alpha value is -1.51. The molecule has 1 aliphatic rings. The monoisotopic (exact) mass is 516 g/mol. The fourth-order valence-corrected chi connectivity index (χ4v) is 3.88. The number of hydrogen-bond donors (Lipinski definition) is 3. The molecular weight excluding hydrogens is 479 g/mol. The second-order valence-corrected chi connectivity index (χ2v) is 8.53. The van der Waals surface area contributed by atoms with Crippen LogP contribution in [0.25, 0.3) is 0 Å². The Morgan fingerprint density at radius 3 is 2.41 bits per heavy atom. The van der Waals surface area contributed by atoms with E-state index in [1.54, 1.807) is 7.11 Å². The van der Waals surface area contributed by atoms with Crippen molar-refractivity contribution in [2.45, 2.75) is 64.3 Å². The Morgan fingerprint density at radius 1 is 1.17 bits per heavy atom. The molecule has 0 aromatic heterocycles. The molecule has 0 unspecified atom stereocenters. The van der Waals surface area contributed by atoms with Gasteiger partial charge in [0.2, 0.25) is 5.91 Å². The number of aliphatic imine (C=N–C) groups is 1. The minimum atomic E-state index is -0.254. The zero-order valence-corrected chi connectivity index (χ0v) is 20.8. The third-order valence-corrected chi connectivity index (χ3v) is 5.07. The summed E-state index contributed by atoms with van der Waals surface area (Å²) in [6, 6.07) is 8.30. The van der Waals surface area contributed by atoms with E-state index in [9.17, 15) is 4.79 Å². The predicted molar refractivity (Wildman–Crippen MR) is 130 cm³/mol. The lowest BCUT2D eigenvalue weighted by Crippen LogP contribution is -2.46. The van der Waals surface area contributed by atoms with Crippen LogP contribution in [-0.2, 0) is 10.2 Å². The molecule has 0 atom stereocenters. The number of methoxy groups -OCH3 is 1. The summed E-state index contributed by atoms with van der Waals surface area (Å²) in [6.45, 7) is 9.54. The third-order valence-electron chi connectivity index (χ3n) is 5.07. The number of nitrogens with one attached hydrogen (secondary N) is 3. The third kappa shape index (κ3) is 7.68. The number of amides is 1. The molecule has 1 aromatic rings. The van der Waals surface area contributed by atoms with E-state index in [0.717, 1.165) is 31.7 Å². The van der Waals surface area contributed by atoms with Crippen molar-refractivity contribution in [3.63, 3.8) is 0 Å². The Labute approximate surface area is 192 Å². The van der Waals surface area contributed by atoms with Crippen molar-refractivity contribution in [2.24, 2.45) is 4.99 Å². The highest BCUT2D eigenvalue weighted by atomic mass is 127. The van der Waals surface area contributed by atoms with Gasteiger partial charge in [-0.05, 0) is 46.6 Å². The Morgan fingerprint density at radius 2 is 1.83 bits per heavy atom. The van der Waals surface area contributed by atoms with Crippen LogP contribution in [0.3, 0.4) is 0 Å². The van der Waals surface area contributed by atoms with Gasteiger partial charge in [0.05, 0.1) is 7.11 Å². The van der Waals surface area contributed by atoms with Crippen LogP contribution in [0.5, 0.6) is 5.75 Å². The van der Waals surface area contributed by atoms with E-state index in [1.165, 1.54) is 18.4 Å². The maximum atomic E-state index is 12.1. The van der Waals surface area contributed by atoms with Crippen molar-refractivity contribution < 1.29 is 9.53 Å². The lowest BCUT2D eigenvalue weighted by molar-refractivity contribution is -0.121. The molecule has 1 aliphatic carbocycles. The highest BCUT2D eigenvalue weighted by molar-refractivity contribution is 14.0. The predicted octanol–water partition coefficient (Wildman–Crippen LogP) is 3.59. The number of ether oxygens (including phenoxy) is 1. The molecular formula is C22H37IN4O2. The van der Waals surface area contributed by atoms with Crippen LogP contribution in [0, 0.1) is 0 Å². The molecule has 6 nitrogen and oxygen atoms in total. The van der Waals surface area contributed by atoms with Crippen molar-refractivity contribution in [3.8, 4) is 5.75 Å². The van der Waals surface area contributed by atoms with Crippen LogP contribution >= 0.6 is 24.0 Å². The van der Waals surface area contributed by atoms with Crippen molar-refractivity contribution in [3.05, 3.63) is 29.8 Å². The zero-order valence-electron chi connectivity index (χ0n) is 18.4. The van der Waals surface area contributed by atoms with E-state index >= 15 is 0 Å². The quantitative estimate of drug-likeness (QED) is 0.294. The summed E-state index contributed by atoms with van der Waals surface area (Å²) in [7, 11) is 1.73. The molecule has 2 rings (SSSR count). The SMILES string of the molecule is CCNC(=NCC(=O)NC(C)(C)C)NCC1(c2ccccc2OC)CCCC1.I. The summed E-state index contributed by atoms with van der Waals surface area (Å²) < 4.78 is 5.64. The van der Waals surface area contributed by atoms with Crippen LogP contribution in [0.1, 0.15) is 58.9 Å². The van der Waals surface area contributed by atoms with Gasteiger partial charge in [-0.25, -0.2) is 4.99 Å². The second kappa shape index (κ2) is 11.6. The van der Waals surface area contributed by atoms with E-state index in [0.29, 0.717) is 5.96 Å². The smallest absolute Gasteiger partial charge is 0.242 e. The van der Waals surface area contributed by atoms with Crippen molar-refractivity contribution in [2.75, 3.05) is 26.7 Å². The number of guanidine groups is 1. The largest absolute Gasteiger partial charge is 0.496 e. The molecule has 1 fully saturated rings. The molecule has 3 N–H and O–H groups in total. The molecule has 164 valence electrons. The molecule has 29 heavy (non-hydrogen) atoms. The van der Waals surface area contributed by atoms with E-state index in [4.69, 9.17) is 4.74 Å². The number of nitrogens with zero attached hydrogens (tertiary/aromatic N) is 1. The van der Waals surface area contributed by atoms with Crippen LogP contribution < -0.4 is 20.7 Å². The molecule has 0 heterocycles. The first kappa shape index (κ1) is 25.5. The van der Waals surface area contributed by atoms with Gasteiger partial charge >= 0.3 is 0 Å². The molecule has 7 heteroatoms. The molecule has 1 saturated carbocycles. The van der Waals surface area contributed by atoms with E-state index in [2.05, 4.69) is 33.1 Å². The van der Waals surface area contributed by atoms with Crippen LogP contribution in [-0.4, -0.2) is 44.1 Å². The first-order chi connectivity index (χ1) is 13.3. The Kier molecular flexibility index (Phi) is 10.2. The van der Waals surface area contributed by atoms with Gasteiger partial charge in [0, 0.05) is 29.6 Å². The summed E-state index contributed by atoms with van der Waals surface area (Å²) in [5.41, 5.74) is 1.02. The minimum Gasteiger partial charge on any atom is -0.496 e. The number of carbonyl (C=O) groups excluding carboxylic acids is 1. The van der Waals surface area contributed by atoms with Gasteiger partial charge in [-0.1, -0.05) is 31.0 Å². The maximum absolute atomic E-state index is 12.1. The Bertz CT molecular complexity index is 680. The molecule has 1 aromatic carbocycles. The van der Waals surface area contributed by atoms with Crippen LogP contribution in [0.4, 0.5) is 0 Å². The van der Waals surface area contributed by atoms with Gasteiger partial charge < -0.3 is 20.7 Å². The summed E-state index contributed by atoms with van der Waals surface area (Å²) >= 11 is 0. The highest BCUT2D eigenvalue weighted by Crippen LogP contribution is 2.44. The molecule has 0 radical (unpaired) electrons. The number of hydrogen-bond acceptors (Lipinski definition) is 3. The minimum absolute atomic E-state index is 0. The normalized spacial score (nSPS) is 16.0. The molecule has 0 aliphatic heterocycles. The van der Waals surface area contributed by atoms with E-state index in [-0.39, 0.29) is 47.4 Å². The summed E-state index contributed by atoms with van der Waals surface area (Å²) in [5.74, 6) is 1.54. The lowest BCUT2D eigenvalue weighted by Gasteiger charge is -2.32.